The van der Waals surface area contributed by atoms with Gasteiger partial charge in [0.05, 0.1) is 18.6 Å². The summed E-state index contributed by atoms with van der Waals surface area (Å²) in [6.07, 6.45) is 5.01. The van der Waals surface area contributed by atoms with Crippen LogP contribution in [0.15, 0.2) is 29.2 Å². The maximum Gasteiger partial charge on any atom is 0.331 e. The minimum atomic E-state index is -4.46. The molecule has 1 N–H and O–H groups in total. The molecule has 1 aromatic carbocycles. The van der Waals surface area contributed by atoms with Gasteiger partial charge in [0.25, 0.3) is 5.69 Å². The van der Waals surface area contributed by atoms with Crippen molar-refractivity contribution in [1.29, 1.82) is 0 Å². The zero-order chi connectivity index (χ0) is 21.3. The van der Waals surface area contributed by atoms with E-state index in [2.05, 4.69) is 15.4 Å². The fraction of sp³-hybridized carbons (Fsp3) is 0.412. The first kappa shape index (κ1) is 21.3. The predicted molar refractivity (Wildman–Crippen MR) is 97.4 cm³/mol. The summed E-state index contributed by atoms with van der Waals surface area (Å²) >= 11 is 0. The molecule has 1 fully saturated rings. The van der Waals surface area contributed by atoms with Crippen molar-refractivity contribution in [1.82, 2.24) is 9.62 Å². The number of rotatable bonds is 7. The van der Waals surface area contributed by atoms with Crippen LogP contribution in [0.5, 0.6) is 0 Å². The Balaban J connectivity index is 2.40. The molecule has 10 nitrogen and oxygen atoms in total. The average molecular weight is 409 g/mol. The highest BCUT2D eigenvalue weighted by molar-refractivity contribution is 7.89. The topological polar surface area (TPSA) is 136 Å². The number of nitro benzene ring substituents is 1. The van der Waals surface area contributed by atoms with Crippen molar-refractivity contribution in [2.75, 3.05) is 13.7 Å². The van der Waals surface area contributed by atoms with Crippen molar-refractivity contribution in [3.63, 3.8) is 0 Å². The standard InChI is InChI=1S/C17H19N3O7S/c1-5-10-17(11-19(14(17)21)16(2,3)15(22)27-4)18-28(25,26)13-9-7-6-8-12(13)20(23)24/h1,6-9,18H,10-11H2,2-4H3. The third-order valence-electron chi connectivity index (χ3n) is 4.53. The molecule has 0 aliphatic carbocycles. The van der Waals surface area contributed by atoms with E-state index in [4.69, 9.17) is 6.42 Å². The number of nitrogens with one attached hydrogen (secondary N) is 1. The number of terminal acetylenes is 1. The molecule has 28 heavy (non-hydrogen) atoms. The Morgan fingerprint density at radius 3 is 2.57 bits per heavy atom. The number of nitro groups is 1. The Bertz CT molecular complexity index is 981. The van der Waals surface area contributed by atoms with E-state index >= 15 is 0 Å². The summed E-state index contributed by atoms with van der Waals surface area (Å²) in [5, 5.41) is 11.2. The molecule has 0 aromatic heterocycles. The van der Waals surface area contributed by atoms with E-state index in [1.165, 1.54) is 33.1 Å². The second-order valence-electron chi connectivity index (χ2n) is 6.74. The number of amides is 1. The quantitative estimate of drug-likeness (QED) is 0.227. The highest BCUT2D eigenvalue weighted by atomic mass is 32.2. The number of benzene rings is 1. The van der Waals surface area contributed by atoms with Crippen LogP contribution in [0.1, 0.15) is 20.3 Å². The maximum atomic E-state index is 12.8. The fourth-order valence-corrected chi connectivity index (χ4v) is 4.48. The van der Waals surface area contributed by atoms with E-state index in [1.807, 2.05) is 0 Å². The van der Waals surface area contributed by atoms with E-state index in [9.17, 15) is 28.1 Å². The molecular formula is C17H19N3O7S. The van der Waals surface area contributed by atoms with Crippen LogP contribution in [-0.2, 0) is 24.3 Å². The molecule has 1 amide bonds. The normalized spacial score (nSPS) is 19.5. The summed E-state index contributed by atoms with van der Waals surface area (Å²) in [4.78, 5) is 35.6. The second kappa shape index (κ2) is 7.21. The number of carbonyl (C=O) groups excluding carboxylic acids is 2. The number of carbonyl (C=O) groups is 2. The summed E-state index contributed by atoms with van der Waals surface area (Å²) in [5.41, 5.74) is -3.68. The van der Waals surface area contributed by atoms with Gasteiger partial charge in [-0.25, -0.2) is 13.2 Å². The Hall–Kier alpha value is -2.97. The molecule has 150 valence electrons. The molecule has 0 bridgehead atoms. The van der Waals surface area contributed by atoms with Gasteiger partial charge < -0.3 is 9.64 Å². The smallest absolute Gasteiger partial charge is 0.331 e. The number of methoxy groups -OCH3 is 1. The molecule has 1 heterocycles. The molecule has 1 unspecified atom stereocenters. The van der Waals surface area contributed by atoms with Crippen LogP contribution in [0.2, 0.25) is 0 Å². The number of ether oxygens (including phenoxy) is 1. The molecule has 1 atom stereocenters. The van der Waals surface area contributed by atoms with Gasteiger partial charge in [0.15, 0.2) is 4.90 Å². The lowest BCUT2D eigenvalue weighted by atomic mass is 9.82. The van der Waals surface area contributed by atoms with E-state index < -0.39 is 48.5 Å². The summed E-state index contributed by atoms with van der Waals surface area (Å²) in [6.45, 7) is 2.71. The molecule has 1 aromatic rings. The Labute approximate surface area is 162 Å². The number of esters is 1. The van der Waals surface area contributed by atoms with Crippen molar-refractivity contribution in [2.24, 2.45) is 0 Å². The van der Waals surface area contributed by atoms with Gasteiger partial charge >= 0.3 is 5.97 Å². The van der Waals surface area contributed by atoms with Crippen LogP contribution in [0, 0.1) is 22.5 Å². The van der Waals surface area contributed by atoms with Crippen molar-refractivity contribution in [3.05, 3.63) is 34.4 Å². The third kappa shape index (κ3) is 3.44. The van der Waals surface area contributed by atoms with E-state index in [-0.39, 0.29) is 13.0 Å². The Morgan fingerprint density at radius 2 is 2.07 bits per heavy atom. The van der Waals surface area contributed by atoms with Gasteiger partial charge in [-0.15, -0.1) is 12.3 Å². The molecule has 0 radical (unpaired) electrons. The fourth-order valence-electron chi connectivity index (χ4n) is 2.95. The second-order valence-corrected chi connectivity index (χ2v) is 8.39. The highest BCUT2D eigenvalue weighted by Gasteiger charge is 2.60. The van der Waals surface area contributed by atoms with E-state index in [1.54, 1.807) is 0 Å². The lowest BCUT2D eigenvalue weighted by Crippen LogP contribution is -2.78. The predicted octanol–water partition coefficient (Wildman–Crippen LogP) is 0.429. The van der Waals surface area contributed by atoms with Crippen LogP contribution < -0.4 is 4.72 Å². The number of likely N-dealkylation sites (tertiary alicyclic amines) is 1. The third-order valence-corrected chi connectivity index (χ3v) is 6.11. The SMILES string of the molecule is C#CCC1(NS(=O)(=O)c2ccccc2[N+](=O)[O-])CN(C(C)(C)C(=O)OC)C1=O. The number of para-hydroxylation sites is 1. The summed E-state index contributed by atoms with van der Waals surface area (Å²) in [5.74, 6) is 0.840. The monoisotopic (exact) mass is 409 g/mol. The lowest BCUT2D eigenvalue weighted by molar-refractivity contribution is -0.387. The number of sulfonamides is 1. The van der Waals surface area contributed by atoms with Gasteiger partial charge in [-0.2, -0.15) is 4.72 Å². The van der Waals surface area contributed by atoms with Gasteiger partial charge in [0.1, 0.15) is 11.1 Å². The van der Waals surface area contributed by atoms with Crippen LogP contribution >= 0.6 is 0 Å². The van der Waals surface area contributed by atoms with Gasteiger partial charge in [-0.05, 0) is 19.9 Å². The number of nitrogens with zero attached hydrogens (tertiary/aromatic N) is 2. The van der Waals surface area contributed by atoms with Crippen molar-refractivity contribution < 1.29 is 27.7 Å². The van der Waals surface area contributed by atoms with E-state index in [0.717, 1.165) is 17.0 Å². The minimum absolute atomic E-state index is 0.196. The molecule has 1 aliphatic rings. The van der Waals surface area contributed by atoms with E-state index in [0.29, 0.717) is 0 Å². The number of hydrogen-bond acceptors (Lipinski definition) is 7. The average Bonchev–Trinajstić information content (AvgIpc) is 2.64. The molecule has 1 saturated heterocycles. The summed E-state index contributed by atoms with van der Waals surface area (Å²) < 4.78 is 32.5. The van der Waals surface area contributed by atoms with Gasteiger partial charge in [0.2, 0.25) is 15.9 Å². The first-order valence-electron chi connectivity index (χ1n) is 8.04. The molecule has 11 heteroatoms. The number of β-lactam (4-membered cyclic amide) rings is 1. The molecule has 0 saturated carbocycles. The largest absolute Gasteiger partial charge is 0.467 e. The molecular weight excluding hydrogens is 390 g/mol. The Morgan fingerprint density at radius 1 is 1.46 bits per heavy atom. The van der Waals surface area contributed by atoms with Gasteiger partial charge in [-0.3, -0.25) is 14.9 Å². The summed E-state index contributed by atoms with van der Waals surface area (Å²) in [6, 6.07) is 4.75. The van der Waals surface area contributed by atoms with Gasteiger partial charge in [-0.1, -0.05) is 12.1 Å². The van der Waals surface area contributed by atoms with Crippen molar-refractivity contribution >= 4 is 27.6 Å². The molecule has 0 spiro atoms. The van der Waals surface area contributed by atoms with Crippen LogP contribution in [-0.4, -0.2) is 54.8 Å². The van der Waals surface area contributed by atoms with Crippen molar-refractivity contribution in [3.8, 4) is 12.3 Å². The van der Waals surface area contributed by atoms with Crippen LogP contribution in [0.3, 0.4) is 0 Å². The summed E-state index contributed by atoms with van der Waals surface area (Å²) in [7, 11) is -3.29. The van der Waals surface area contributed by atoms with Crippen LogP contribution in [0.4, 0.5) is 5.69 Å². The highest BCUT2D eigenvalue weighted by Crippen LogP contribution is 2.35. The first-order chi connectivity index (χ1) is 12.9. The molecule has 2 rings (SSSR count). The van der Waals surface area contributed by atoms with Crippen LogP contribution in [0.25, 0.3) is 0 Å². The Kier molecular flexibility index (Phi) is 5.50. The lowest BCUT2D eigenvalue weighted by Gasteiger charge is -2.53. The maximum absolute atomic E-state index is 12.8. The first-order valence-corrected chi connectivity index (χ1v) is 9.52. The minimum Gasteiger partial charge on any atom is -0.467 e. The number of hydrogen-bond donors (Lipinski definition) is 1. The van der Waals surface area contributed by atoms with Gasteiger partial charge in [0, 0.05) is 12.5 Å². The van der Waals surface area contributed by atoms with Crippen molar-refractivity contribution in [2.45, 2.75) is 36.2 Å². The zero-order valence-electron chi connectivity index (χ0n) is 15.5. The molecule has 1 aliphatic heterocycles. The zero-order valence-corrected chi connectivity index (χ0v) is 16.3.